The fraction of sp³-hybridized carbons (Fsp3) is 0.545. The lowest BCUT2D eigenvalue weighted by Crippen LogP contribution is -2.33. The summed E-state index contributed by atoms with van der Waals surface area (Å²) in [6.45, 7) is 10.4. The van der Waals surface area contributed by atoms with Gasteiger partial charge >= 0.3 is 23.9 Å². The summed E-state index contributed by atoms with van der Waals surface area (Å²) in [4.78, 5) is 47.3. The summed E-state index contributed by atoms with van der Waals surface area (Å²) in [5.41, 5.74) is 0.603. The molecule has 30 heavy (non-hydrogen) atoms. The van der Waals surface area contributed by atoms with Gasteiger partial charge in [-0.2, -0.15) is 0 Å². The van der Waals surface area contributed by atoms with Crippen molar-refractivity contribution in [1.82, 2.24) is 0 Å². The van der Waals surface area contributed by atoms with Crippen LogP contribution in [-0.4, -0.2) is 50.3 Å². The van der Waals surface area contributed by atoms with E-state index in [2.05, 4.69) is 13.2 Å². The van der Waals surface area contributed by atoms with Crippen LogP contribution in [0.15, 0.2) is 36.5 Å². The number of carbonyl (C=O) groups is 4. The van der Waals surface area contributed by atoms with Crippen molar-refractivity contribution in [3.05, 3.63) is 36.5 Å². The Hall–Kier alpha value is -2.90. The van der Waals surface area contributed by atoms with Gasteiger partial charge in [0.05, 0.1) is 38.3 Å². The summed E-state index contributed by atoms with van der Waals surface area (Å²) >= 11 is 0. The number of allylic oxidation sites excluding steroid dienone is 1. The number of hydrogen-bond donors (Lipinski definition) is 0. The largest absolute Gasteiger partial charge is 0.465 e. The molecule has 0 saturated carbocycles. The first kappa shape index (κ1) is 25.1. The van der Waals surface area contributed by atoms with Gasteiger partial charge in [0, 0.05) is 24.0 Å². The molecular weight excluding hydrogens is 392 g/mol. The molecule has 2 atom stereocenters. The van der Waals surface area contributed by atoms with Crippen LogP contribution < -0.4 is 0 Å². The van der Waals surface area contributed by atoms with Gasteiger partial charge in [-0.05, 0) is 26.7 Å². The summed E-state index contributed by atoms with van der Waals surface area (Å²) in [6, 6.07) is 0. The Morgan fingerprint density at radius 2 is 1.27 bits per heavy atom. The third-order valence-electron chi connectivity index (χ3n) is 4.23. The van der Waals surface area contributed by atoms with Crippen molar-refractivity contribution < 1.29 is 38.1 Å². The normalized spacial score (nSPS) is 17.5. The predicted octanol–water partition coefficient (Wildman–Crippen LogP) is 2.67. The average Bonchev–Trinajstić information content (AvgIpc) is 2.72. The Labute approximate surface area is 176 Å². The number of rotatable bonds is 12. The van der Waals surface area contributed by atoms with Gasteiger partial charge in [0.1, 0.15) is 0 Å². The van der Waals surface area contributed by atoms with Crippen molar-refractivity contribution >= 4 is 23.9 Å². The highest BCUT2D eigenvalue weighted by molar-refractivity contribution is 5.87. The summed E-state index contributed by atoms with van der Waals surface area (Å²) in [7, 11) is 0. The van der Waals surface area contributed by atoms with E-state index >= 15 is 0 Å². The molecule has 166 valence electrons. The van der Waals surface area contributed by atoms with E-state index in [4.69, 9.17) is 18.9 Å². The van der Waals surface area contributed by atoms with E-state index in [0.717, 1.165) is 0 Å². The average molecular weight is 422 g/mol. The van der Waals surface area contributed by atoms with Gasteiger partial charge in [-0.25, -0.2) is 9.59 Å². The second-order valence-electron chi connectivity index (χ2n) is 7.01. The van der Waals surface area contributed by atoms with E-state index in [0.29, 0.717) is 36.8 Å². The third-order valence-corrected chi connectivity index (χ3v) is 4.23. The zero-order valence-electron chi connectivity index (χ0n) is 17.6. The molecule has 2 unspecified atom stereocenters. The molecule has 0 N–H and O–H groups in total. The van der Waals surface area contributed by atoms with Crippen LogP contribution in [0.1, 0.15) is 39.5 Å². The van der Waals surface area contributed by atoms with E-state index in [9.17, 15) is 19.2 Å². The minimum absolute atomic E-state index is 0.0719. The van der Waals surface area contributed by atoms with E-state index in [1.54, 1.807) is 19.9 Å². The first-order chi connectivity index (χ1) is 14.2. The van der Waals surface area contributed by atoms with Crippen molar-refractivity contribution in [2.75, 3.05) is 26.4 Å². The monoisotopic (exact) mass is 422 g/mol. The van der Waals surface area contributed by atoms with E-state index in [1.165, 1.54) is 0 Å². The summed E-state index contributed by atoms with van der Waals surface area (Å²) in [5.74, 6) is -3.32. The molecule has 0 heterocycles. The molecule has 1 aliphatic carbocycles. The number of carbonyl (C=O) groups excluding carboxylic acids is 4. The summed E-state index contributed by atoms with van der Waals surface area (Å²) in [5, 5.41) is 0. The fourth-order valence-corrected chi connectivity index (χ4v) is 2.58. The molecule has 1 aliphatic rings. The van der Waals surface area contributed by atoms with Crippen LogP contribution in [0, 0.1) is 11.8 Å². The molecule has 0 spiro atoms. The van der Waals surface area contributed by atoms with E-state index in [-0.39, 0.29) is 26.4 Å². The van der Waals surface area contributed by atoms with Gasteiger partial charge in [-0.15, -0.1) is 0 Å². The molecule has 0 bridgehead atoms. The highest BCUT2D eigenvalue weighted by Crippen LogP contribution is 2.27. The lowest BCUT2D eigenvalue weighted by Gasteiger charge is -2.24. The van der Waals surface area contributed by atoms with Crippen molar-refractivity contribution in [3.63, 3.8) is 0 Å². The highest BCUT2D eigenvalue weighted by atomic mass is 16.6. The van der Waals surface area contributed by atoms with Crippen molar-refractivity contribution in [1.29, 1.82) is 0 Å². The van der Waals surface area contributed by atoms with Crippen molar-refractivity contribution in [2.45, 2.75) is 39.5 Å². The third kappa shape index (κ3) is 9.07. The summed E-state index contributed by atoms with van der Waals surface area (Å²) in [6.07, 6.45) is 5.34. The quantitative estimate of drug-likeness (QED) is 0.155. The van der Waals surface area contributed by atoms with Crippen LogP contribution in [0.2, 0.25) is 0 Å². The highest BCUT2D eigenvalue weighted by Gasteiger charge is 2.35. The van der Waals surface area contributed by atoms with E-state index in [1.807, 2.05) is 6.08 Å². The summed E-state index contributed by atoms with van der Waals surface area (Å²) < 4.78 is 20.3. The van der Waals surface area contributed by atoms with Gasteiger partial charge in [-0.3, -0.25) is 9.59 Å². The van der Waals surface area contributed by atoms with Crippen LogP contribution in [0.25, 0.3) is 0 Å². The smallest absolute Gasteiger partial charge is 0.333 e. The Morgan fingerprint density at radius 3 is 1.77 bits per heavy atom. The Bertz CT molecular complexity index is 691. The first-order valence-corrected chi connectivity index (χ1v) is 9.89. The molecule has 0 aromatic heterocycles. The van der Waals surface area contributed by atoms with Crippen LogP contribution in [0.5, 0.6) is 0 Å². The molecule has 0 radical (unpaired) electrons. The Morgan fingerprint density at radius 1 is 0.800 bits per heavy atom. The van der Waals surface area contributed by atoms with Gasteiger partial charge in [-0.1, -0.05) is 25.3 Å². The Kier molecular flexibility index (Phi) is 11.2. The maximum absolute atomic E-state index is 12.4. The minimum Gasteiger partial charge on any atom is -0.465 e. The van der Waals surface area contributed by atoms with Gasteiger partial charge in [0.25, 0.3) is 0 Å². The predicted molar refractivity (Wildman–Crippen MR) is 108 cm³/mol. The molecule has 0 aromatic carbocycles. The second kappa shape index (κ2) is 13.3. The van der Waals surface area contributed by atoms with Crippen molar-refractivity contribution in [3.8, 4) is 0 Å². The van der Waals surface area contributed by atoms with Crippen LogP contribution in [0.4, 0.5) is 0 Å². The number of ether oxygens (including phenoxy) is 4. The maximum Gasteiger partial charge on any atom is 0.333 e. The van der Waals surface area contributed by atoms with Gasteiger partial charge in [0.2, 0.25) is 0 Å². The molecular formula is C22H30O8. The second-order valence-corrected chi connectivity index (χ2v) is 7.01. The zero-order chi connectivity index (χ0) is 22.5. The molecule has 1 rings (SSSR count). The van der Waals surface area contributed by atoms with Crippen LogP contribution >= 0.6 is 0 Å². The zero-order valence-corrected chi connectivity index (χ0v) is 17.6. The maximum atomic E-state index is 12.4. The minimum atomic E-state index is -0.717. The Balaban J connectivity index is 2.36. The topological polar surface area (TPSA) is 105 Å². The lowest BCUT2D eigenvalue weighted by atomic mass is 9.84. The number of hydrogen-bond acceptors (Lipinski definition) is 8. The molecule has 0 aliphatic heterocycles. The standard InChI is InChI=1S/C22H30O8/c1-15(2)19(23)27-11-7-13-29-21(25)17-9-5-6-10-18(17)22(26)30-14-8-12-28-20(24)16(3)4/h5,9,17-18H,1,3,6-8,10-14H2,2,4H3. The molecule has 8 heteroatoms. The molecule has 8 nitrogen and oxygen atoms in total. The molecule has 0 saturated heterocycles. The number of esters is 4. The van der Waals surface area contributed by atoms with Crippen LogP contribution in [-0.2, 0) is 38.1 Å². The first-order valence-electron chi connectivity index (χ1n) is 9.89. The van der Waals surface area contributed by atoms with Gasteiger partial charge < -0.3 is 18.9 Å². The molecule has 0 amide bonds. The fourth-order valence-electron chi connectivity index (χ4n) is 2.58. The van der Waals surface area contributed by atoms with Crippen molar-refractivity contribution in [2.24, 2.45) is 11.8 Å². The lowest BCUT2D eigenvalue weighted by molar-refractivity contribution is -0.160. The van der Waals surface area contributed by atoms with Crippen LogP contribution in [0.3, 0.4) is 0 Å². The molecule has 0 aromatic rings. The van der Waals surface area contributed by atoms with Gasteiger partial charge in [0.15, 0.2) is 0 Å². The molecule has 0 fully saturated rings. The van der Waals surface area contributed by atoms with E-state index < -0.39 is 35.7 Å². The SMILES string of the molecule is C=C(C)C(=O)OCCCOC(=O)C1C=CCCC1C(=O)OCCCOC(=O)C(=C)C.